The summed E-state index contributed by atoms with van der Waals surface area (Å²) in [4.78, 5) is 32.6. The van der Waals surface area contributed by atoms with Gasteiger partial charge in [-0.3, -0.25) is 9.69 Å². The fourth-order valence-corrected chi connectivity index (χ4v) is 3.61. The van der Waals surface area contributed by atoms with Gasteiger partial charge in [0.1, 0.15) is 6.61 Å². The summed E-state index contributed by atoms with van der Waals surface area (Å²) in [5.74, 6) is 0.692. The molecule has 0 radical (unpaired) electrons. The van der Waals surface area contributed by atoms with E-state index in [1.54, 1.807) is 16.9 Å². The van der Waals surface area contributed by atoms with Gasteiger partial charge in [-0.1, -0.05) is 0 Å². The van der Waals surface area contributed by atoms with Gasteiger partial charge in [-0.2, -0.15) is 0 Å². The predicted molar refractivity (Wildman–Crippen MR) is 98.8 cm³/mol. The molecule has 0 saturated carbocycles. The summed E-state index contributed by atoms with van der Waals surface area (Å²) in [5.41, 5.74) is 2.31. The summed E-state index contributed by atoms with van der Waals surface area (Å²) in [6, 6.07) is 5.51. The van der Waals surface area contributed by atoms with E-state index >= 15 is 0 Å². The van der Waals surface area contributed by atoms with Crippen molar-refractivity contribution in [2.24, 2.45) is 7.05 Å². The van der Waals surface area contributed by atoms with Crippen LogP contribution in [0.2, 0.25) is 0 Å². The van der Waals surface area contributed by atoms with Crippen LogP contribution in [0.15, 0.2) is 18.2 Å². The molecule has 2 amide bonds. The summed E-state index contributed by atoms with van der Waals surface area (Å²) in [6.45, 7) is 3.11. The molecular weight excluding hydrogens is 350 g/mol. The van der Waals surface area contributed by atoms with Crippen molar-refractivity contribution in [3.8, 4) is 0 Å². The van der Waals surface area contributed by atoms with E-state index in [2.05, 4.69) is 10.3 Å². The van der Waals surface area contributed by atoms with Gasteiger partial charge in [-0.05, 0) is 18.2 Å². The molecule has 0 spiro atoms. The fourth-order valence-electron chi connectivity index (χ4n) is 3.61. The summed E-state index contributed by atoms with van der Waals surface area (Å²) in [5, 5.41) is 3.22. The van der Waals surface area contributed by atoms with E-state index in [4.69, 9.17) is 9.47 Å². The van der Waals surface area contributed by atoms with E-state index in [-0.39, 0.29) is 18.0 Å². The van der Waals surface area contributed by atoms with E-state index in [1.165, 1.54) is 0 Å². The van der Waals surface area contributed by atoms with Gasteiger partial charge in [0.25, 0.3) is 5.91 Å². The minimum absolute atomic E-state index is 0.0459. The summed E-state index contributed by atoms with van der Waals surface area (Å²) >= 11 is 0. The number of hydrogen-bond donors (Lipinski definition) is 1. The van der Waals surface area contributed by atoms with Crippen LogP contribution in [0, 0.1) is 0 Å². The van der Waals surface area contributed by atoms with E-state index in [0.717, 1.165) is 17.0 Å². The number of carbonyl (C=O) groups is 2. The van der Waals surface area contributed by atoms with Crippen molar-refractivity contribution in [3.05, 3.63) is 23.8 Å². The van der Waals surface area contributed by atoms with E-state index in [1.807, 2.05) is 29.8 Å². The van der Waals surface area contributed by atoms with Crippen LogP contribution in [0.3, 0.4) is 0 Å². The highest BCUT2D eigenvalue weighted by atomic mass is 16.6. The van der Waals surface area contributed by atoms with Gasteiger partial charge in [0.2, 0.25) is 5.95 Å². The first-order chi connectivity index (χ1) is 13.1. The molecule has 2 aliphatic heterocycles. The number of piperazine rings is 1. The van der Waals surface area contributed by atoms with E-state index < -0.39 is 0 Å². The molecule has 1 atom stereocenters. The van der Waals surface area contributed by atoms with Crippen LogP contribution < -0.4 is 5.32 Å². The largest absolute Gasteiger partial charge is 0.447 e. The normalized spacial score (nSPS) is 19.3. The highest BCUT2D eigenvalue weighted by Crippen LogP contribution is 2.23. The lowest BCUT2D eigenvalue weighted by molar-refractivity contribution is 0.0617. The van der Waals surface area contributed by atoms with Crippen LogP contribution in [0.1, 0.15) is 10.4 Å². The third-order valence-electron chi connectivity index (χ3n) is 5.12. The number of rotatable bonds is 5. The van der Waals surface area contributed by atoms with Crippen molar-refractivity contribution in [1.29, 1.82) is 0 Å². The second-order valence-corrected chi connectivity index (χ2v) is 6.79. The quantitative estimate of drug-likeness (QED) is 0.784. The molecule has 27 heavy (non-hydrogen) atoms. The van der Waals surface area contributed by atoms with Crippen LogP contribution in [-0.4, -0.2) is 83.9 Å². The second kappa shape index (κ2) is 7.07. The molecule has 0 aliphatic carbocycles. The molecule has 1 aromatic heterocycles. The molecule has 2 aromatic rings. The van der Waals surface area contributed by atoms with Gasteiger partial charge in [-0.25, -0.2) is 9.78 Å². The number of anilines is 1. The third-order valence-corrected chi connectivity index (χ3v) is 5.12. The Morgan fingerprint density at radius 1 is 1.41 bits per heavy atom. The molecule has 1 unspecified atom stereocenters. The van der Waals surface area contributed by atoms with Crippen molar-refractivity contribution >= 4 is 29.0 Å². The first-order valence-corrected chi connectivity index (χ1v) is 9.00. The maximum atomic E-state index is 12.9. The molecule has 144 valence electrons. The summed E-state index contributed by atoms with van der Waals surface area (Å²) < 4.78 is 12.1. The molecule has 0 bridgehead atoms. The summed E-state index contributed by atoms with van der Waals surface area (Å²) in [7, 11) is 3.59. The van der Waals surface area contributed by atoms with Crippen molar-refractivity contribution in [2.45, 2.75) is 6.04 Å². The van der Waals surface area contributed by atoms with E-state index in [0.29, 0.717) is 45.0 Å². The first kappa shape index (κ1) is 17.6. The van der Waals surface area contributed by atoms with Crippen LogP contribution >= 0.6 is 0 Å². The average Bonchev–Trinajstić information content (AvgIpc) is 3.21. The first-order valence-electron chi connectivity index (χ1n) is 9.00. The Kier molecular flexibility index (Phi) is 4.61. The maximum Gasteiger partial charge on any atom is 0.410 e. The van der Waals surface area contributed by atoms with Crippen molar-refractivity contribution in [2.75, 3.05) is 51.8 Å². The summed E-state index contributed by atoms with van der Waals surface area (Å²) in [6.07, 6.45) is -0.282. The predicted octanol–water partition coefficient (Wildman–Crippen LogP) is 0.908. The number of amides is 2. The lowest BCUT2D eigenvalue weighted by Gasteiger charge is -2.35. The molecule has 1 aromatic carbocycles. The van der Waals surface area contributed by atoms with Gasteiger partial charge in [-0.15, -0.1) is 0 Å². The van der Waals surface area contributed by atoms with Crippen LogP contribution in [0.4, 0.5) is 10.7 Å². The molecule has 2 fully saturated rings. The maximum absolute atomic E-state index is 12.9. The Bertz CT molecular complexity index is 880. The lowest BCUT2D eigenvalue weighted by atomic mass is 10.1. The number of nitrogens with one attached hydrogen (secondary N) is 1. The number of carbonyl (C=O) groups excluding carboxylic acids is 2. The van der Waals surface area contributed by atoms with Crippen molar-refractivity contribution in [1.82, 2.24) is 19.4 Å². The van der Waals surface area contributed by atoms with Gasteiger partial charge < -0.3 is 24.3 Å². The number of benzene rings is 1. The number of ether oxygens (including phenoxy) is 2. The van der Waals surface area contributed by atoms with Gasteiger partial charge >= 0.3 is 6.09 Å². The molecule has 3 heterocycles. The number of nitrogens with zero attached hydrogens (tertiary/aromatic N) is 4. The molecule has 1 N–H and O–H groups in total. The molecule has 2 aliphatic rings. The highest BCUT2D eigenvalue weighted by Gasteiger charge is 2.38. The number of fused-ring (bicyclic) bond motifs is 2. The molecule has 9 nitrogen and oxygen atoms in total. The minimum Gasteiger partial charge on any atom is -0.447 e. The number of cyclic esters (lactones) is 1. The Morgan fingerprint density at radius 2 is 2.26 bits per heavy atom. The zero-order chi connectivity index (χ0) is 19.0. The topological polar surface area (TPSA) is 88.9 Å². The average molecular weight is 373 g/mol. The number of hydrogen-bond acceptors (Lipinski definition) is 6. The Balaban J connectivity index is 1.51. The van der Waals surface area contributed by atoms with Crippen LogP contribution in [-0.2, 0) is 16.5 Å². The zero-order valence-electron chi connectivity index (χ0n) is 15.5. The van der Waals surface area contributed by atoms with Crippen molar-refractivity contribution < 1.29 is 19.1 Å². The Labute approximate surface area is 156 Å². The lowest BCUT2D eigenvalue weighted by Crippen LogP contribution is -2.53. The molecular formula is C18H23N5O4. The highest BCUT2D eigenvalue weighted by molar-refractivity contribution is 5.98. The monoisotopic (exact) mass is 373 g/mol. The third kappa shape index (κ3) is 3.18. The molecule has 2 saturated heterocycles. The zero-order valence-corrected chi connectivity index (χ0v) is 15.5. The number of methoxy groups -OCH3 is 1. The molecule has 4 rings (SSSR count). The standard InChI is InChI=1S/C18H23N5O4/c1-21-15-4-3-12(9-14(15)20-17(21)19-5-8-26-2)16(24)22-6-7-23-13(10-22)11-27-18(23)25/h3-4,9,13H,5-8,10-11H2,1-2H3,(H,19,20). The van der Waals surface area contributed by atoms with Crippen LogP contribution in [0.5, 0.6) is 0 Å². The second-order valence-electron chi connectivity index (χ2n) is 6.79. The SMILES string of the molecule is COCCNc1nc2cc(C(=O)N3CCN4C(=O)OCC4C3)ccc2n1C. The van der Waals surface area contributed by atoms with Gasteiger partial charge in [0, 0.05) is 45.9 Å². The van der Waals surface area contributed by atoms with E-state index in [9.17, 15) is 9.59 Å². The molecule has 9 heteroatoms. The number of aromatic nitrogens is 2. The van der Waals surface area contributed by atoms with Gasteiger partial charge in [0.05, 0.1) is 23.7 Å². The Morgan fingerprint density at radius 3 is 3.07 bits per heavy atom. The van der Waals surface area contributed by atoms with Crippen molar-refractivity contribution in [3.63, 3.8) is 0 Å². The minimum atomic E-state index is -0.282. The smallest absolute Gasteiger partial charge is 0.410 e. The van der Waals surface area contributed by atoms with Crippen LogP contribution in [0.25, 0.3) is 11.0 Å². The Hall–Kier alpha value is -2.81. The number of imidazole rings is 1. The van der Waals surface area contributed by atoms with Gasteiger partial charge in [0.15, 0.2) is 0 Å². The number of aryl methyl sites for hydroxylation is 1. The fraction of sp³-hybridized carbons (Fsp3) is 0.500.